The molecule has 0 unspecified atom stereocenters. The molecule has 3 rings (SSSR count). The van der Waals surface area contributed by atoms with E-state index in [0.717, 1.165) is 22.7 Å². The van der Waals surface area contributed by atoms with Gasteiger partial charge in [-0.2, -0.15) is 13.2 Å². The predicted molar refractivity (Wildman–Crippen MR) is 99.7 cm³/mol. The van der Waals surface area contributed by atoms with Gasteiger partial charge in [-0.25, -0.2) is 8.42 Å². The van der Waals surface area contributed by atoms with Crippen molar-refractivity contribution < 1.29 is 35.9 Å². The molecule has 0 aliphatic carbocycles. The quantitative estimate of drug-likeness (QED) is 0.789. The molecule has 0 aromatic heterocycles. The maximum Gasteiger partial charge on any atom is 0.418 e. The number of ether oxygens (including phenoxy) is 2. The smallest absolute Gasteiger partial charge is 0.418 e. The number of benzene rings is 2. The average Bonchev–Trinajstić information content (AvgIpc) is 2.64. The third-order valence-electron chi connectivity index (χ3n) is 4.01. The Kier molecular flexibility index (Phi) is 5.60. The molecule has 0 atom stereocenters. The molecular formula is C18H17F3N2O5S. The Bertz CT molecular complexity index is 1020. The van der Waals surface area contributed by atoms with Gasteiger partial charge in [0.15, 0.2) is 11.5 Å². The largest absolute Gasteiger partial charge is 0.486 e. The summed E-state index contributed by atoms with van der Waals surface area (Å²) in [6.07, 6.45) is -3.78. The van der Waals surface area contributed by atoms with E-state index < -0.39 is 39.9 Å². The highest BCUT2D eigenvalue weighted by Crippen LogP contribution is 2.36. The molecule has 11 heteroatoms. The van der Waals surface area contributed by atoms with Crippen molar-refractivity contribution in [2.45, 2.75) is 6.18 Å². The normalized spacial score (nSPS) is 13.7. The molecule has 0 saturated heterocycles. The number of halogens is 3. The van der Waals surface area contributed by atoms with E-state index in [-0.39, 0.29) is 12.3 Å². The van der Waals surface area contributed by atoms with Crippen molar-refractivity contribution in [3.05, 3.63) is 48.0 Å². The maximum absolute atomic E-state index is 13.1. The zero-order valence-electron chi connectivity index (χ0n) is 15.2. The van der Waals surface area contributed by atoms with E-state index in [2.05, 4.69) is 5.32 Å². The second-order valence-electron chi connectivity index (χ2n) is 6.19. The van der Waals surface area contributed by atoms with Gasteiger partial charge in [-0.15, -0.1) is 0 Å². The van der Waals surface area contributed by atoms with E-state index in [1.54, 1.807) is 0 Å². The van der Waals surface area contributed by atoms with Crippen molar-refractivity contribution in [3.8, 4) is 11.5 Å². The van der Waals surface area contributed by atoms with E-state index in [9.17, 15) is 26.4 Å². The molecule has 1 heterocycles. The van der Waals surface area contributed by atoms with Crippen molar-refractivity contribution in [2.75, 3.05) is 35.6 Å². The lowest BCUT2D eigenvalue weighted by Crippen LogP contribution is -2.37. The summed E-state index contributed by atoms with van der Waals surface area (Å²) >= 11 is 0. The fourth-order valence-electron chi connectivity index (χ4n) is 2.75. The number of nitrogens with zero attached hydrogens (tertiary/aromatic N) is 1. The van der Waals surface area contributed by atoms with Gasteiger partial charge in [-0.3, -0.25) is 9.10 Å². The second-order valence-corrected chi connectivity index (χ2v) is 8.10. The standard InChI is InChI=1S/C18H17F3N2O5S/c1-29(25,26)23(12-6-7-15-16(10-12)28-9-8-27-15)11-17(24)22-14-5-3-2-4-13(14)18(19,20)21/h2-7,10H,8-9,11H2,1H3,(H,22,24). The zero-order chi connectivity index (χ0) is 21.2. The molecule has 1 aliphatic heterocycles. The molecule has 0 bridgehead atoms. The van der Waals surface area contributed by atoms with Gasteiger partial charge in [0.1, 0.15) is 19.8 Å². The number of rotatable bonds is 5. The first-order chi connectivity index (χ1) is 13.6. The highest BCUT2D eigenvalue weighted by molar-refractivity contribution is 7.92. The Morgan fingerprint density at radius 3 is 2.41 bits per heavy atom. The van der Waals surface area contributed by atoms with Gasteiger partial charge in [0.25, 0.3) is 0 Å². The van der Waals surface area contributed by atoms with Gasteiger partial charge in [0, 0.05) is 6.07 Å². The topological polar surface area (TPSA) is 84.9 Å². The summed E-state index contributed by atoms with van der Waals surface area (Å²) in [6, 6.07) is 8.76. The number of carbonyl (C=O) groups excluding carboxylic acids is 1. The average molecular weight is 430 g/mol. The van der Waals surface area contributed by atoms with Crippen LogP contribution in [0.4, 0.5) is 24.5 Å². The summed E-state index contributed by atoms with van der Waals surface area (Å²) in [5.74, 6) is -0.191. The summed E-state index contributed by atoms with van der Waals surface area (Å²) in [4.78, 5) is 12.4. The molecule has 0 spiro atoms. The van der Waals surface area contributed by atoms with Gasteiger partial charge in [-0.05, 0) is 24.3 Å². The monoisotopic (exact) mass is 430 g/mol. The lowest BCUT2D eigenvalue weighted by Gasteiger charge is -2.25. The number of carbonyl (C=O) groups is 1. The van der Waals surface area contributed by atoms with Crippen molar-refractivity contribution >= 4 is 27.3 Å². The molecule has 2 aromatic carbocycles. The number of hydrogen-bond acceptors (Lipinski definition) is 5. The van der Waals surface area contributed by atoms with Crippen molar-refractivity contribution in [1.82, 2.24) is 0 Å². The number of nitrogens with one attached hydrogen (secondary N) is 1. The Morgan fingerprint density at radius 2 is 1.76 bits per heavy atom. The number of amides is 1. The van der Waals surface area contributed by atoms with Crippen LogP contribution in [0.25, 0.3) is 0 Å². The molecule has 0 radical (unpaired) electrons. The molecule has 1 aliphatic rings. The highest BCUT2D eigenvalue weighted by Gasteiger charge is 2.34. The van der Waals surface area contributed by atoms with Crippen LogP contribution in [0.5, 0.6) is 11.5 Å². The Morgan fingerprint density at radius 1 is 1.10 bits per heavy atom. The number of sulfonamides is 1. The van der Waals surface area contributed by atoms with Crippen molar-refractivity contribution in [3.63, 3.8) is 0 Å². The first kappa shape index (κ1) is 20.8. The van der Waals surface area contributed by atoms with E-state index in [1.165, 1.54) is 30.3 Å². The molecule has 1 N–H and O–H groups in total. The predicted octanol–water partition coefficient (Wildman–Crippen LogP) is 2.88. The van der Waals surface area contributed by atoms with Crippen LogP contribution in [0.15, 0.2) is 42.5 Å². The SMILES string of the molecule is CS(=O)(=O)N(CC(=O)Nc1ccccc1C(F)(F)F)c1ccc2c(c1)OCCO2. The van der Waals surface area contributed by atoms with Crippen LogP contribution in [-0.2, 0) is 21.0 Å². The van der Waals surface area contributed by atoms with Crippen LogP contribution in [0.1, 0.15) is 5.56 Å². The van der Waals surface area contributed by atoms with Crippen molar-refractivity contribution in [1.29, 1.82) is 0 Å². The third-order valence-corrected chi connectivity index (χ3v) is 5.15. The van der Waals surface area contributed by atoms with Crippen LogP contribution in [0.2, 0.25) is 0 Å². The number of hydrogen-bond donors (Lipinski definition) is 1. The Balaban J connectivity index is 1.85. The van der Waals surface area contributed by atoms with Gasteiger partial charge in [0.2, 0.25) is 15.9 Å². The van der Waals surface area contributed by atoms with Crippen molar-refractivity contribution in [2.24, 2.45) is 0 Å². The van der Waals surface area contributed by atoms with Gasteiger partial charge in [-0.1, -0.05) is 12.1 Å². The molecule has 7 nitrogen and oxygen atoms in total. The summed E-state index contributed by atoms with van der Waals surface area (Å²) in [6.45, 7) is -0.0854. The van der Waals surface area contributed by atoms with Crippen LogP contribution in [0, 0.1) is 0 Å². The number of anilines is 2. The Labute approximate surface area is 165 Å². The molecular weight excluding hydrogens is 413 g/mol. The number of para-hydroxylation sites is 1. The minimum atomic E-state index is -4.67. The van der Waals surface area contributed by atoms with Crippen LogP contribution >= 0.6 is 0 Å². The molecule has 0 saturated carbocycles. The summed E-state index contributed by atoms with van der Waals surface area (Å²) in [5, 5.41) is 2.13. The summed E-state index contributed by atoms with van der Waals surface area (Å²) in [5.41, 5.74) is -1.37. The van der Waals surface area contributed by atoms with Crippen LogP contribution in [-0.4, -0.2) is 40.3 Å². The first-order valence-corrected chi connectivity index (χ1v) is 10.2. The molecule has 2 aromatic rings. The zero-order valence-corrected chi connectivity index (χ0v) is 16.0. The Hall–Kier alpha value is -2.95. The van der Waals surface area contributed by atoms with Crippen LogP contribution < -0.4 is 19.1 Å². The third kappa shape index (κ3) is 4.91. The fourth-order valence-corrected chi connectivity index (χ4v) is 3.59. The lowest BCUT2D eigenvalue weighted by molar-refractivity contribution is -0.137. The minimum absolute atomic E-state index is 0.121. The number of fused-ring (bicyclic) bond motifs is 1. The van der Waals surface area contributed by atoms with Crippen LogP contribution in [0.3, 0.4) is 0 Å². The van der Waals surface area contributed by atoms with E-state index in [0.29, 0.717) is 18.1 Å². The van der Waals surface area contributed by atoms with E-state index in [4.69, 9.17) is 9.47 Å². The molecule has 29 heavy (non-hydrogen) atoms. The summed E-state index contributed by atoms with van der Waals surface area (Å²) < 4.78 is 75.2. The first-order valence-electron chi connectivity index (χ1n) is 8.39. The number of alkyl halides is 3. The maximum atomic E-state index is 13.1. The van der Waals surface area contributed by atoms with E-state index >= 15 is 0 Å². The molecule has 156 valence electrons. The summed E-state index contributed by atoms with van der Waals surface area (Å²) in [7, 11) is -3.92. The molecule has 0 fully saturated rings. The van der Waals surface area contributed by atoms with Gasteiger partial charge in [0.05, 0.1) is 23.2 Å². The minimum Gasteiger partial charge on any atom is -0.486 e. The lowest BCUT2D eigenvalue weighted by atomic mass is 10.1. The van der Waals surface area contributed by atoms with Gasteiger partial charge >= 0.3 is 6.18 Å². The second kappa shape index (κ2) is 7.82. The molecule has 1 amide bonds. The van der Waals surface area contributed by atoms with Gasteiger partial charge < -0.3 is 14.8 Å². The van der Waals surface area contributed by atoms with E-state index in [1.807, 2.05) is 0 Å². The fraction of sp³-hybridized carbons (Fsp3) is 0.278. The highest BCUT2D eigenvalue weighted by atomic mass is 32.2.